The predicted molar refractivity (Wildman–Crippen MR) is 233 cm³/mol. The summed E-state index contributed by atoms with van der Waals surface area (Å²) in [7, 11) is 0. The molecular weight excluding hydrogens is 667 g/mol. The van der Waals surface area contributed by atoms with E-state index in [-0.39, 0.29) is 0 Å². The van der Waals surface area contributed by atoms with Gasteiger partial charge in [-0.25, -0.2) is 0 Å². The van der Waals surface area contributed by atoms with Crippen molar-refractivity contribution in [1.29, 1.82) is 0 Å². The molecule has 0 atom stereocenters. The zero-order valence-electron chi connectivity index (χ0n) is 30.0. The second kappa shape index (κ2) is 12.6. The lowest BCUT2D eigenvalue weighted by molar-refractivity contribution is 1.17. The van der Waals surface area contributed by atoms with Crippen LogP contribution in [-0.2, 0) is 0 Å². The summed E-state index contributed by atoms with van der Waals surface area (Å²) >= 11 is 0. The van der Waals surface area contributed by atoms with Crippen LogP contribution in [0.25, 0.3) is 76.9 Å². The molecule has 0 spiro atoms. The maximum Gasteiger partial charge on any atom is 0.0562 e. The van der Waals surface area contributed by atoms with Crippen molar-refractivity contribution in [3.05, 3.63) is 212 Å². The van der Waals surface area contributed by atoms with E-state index in [1.807, 2.05) is 0 Å². The van der Waals surface area contributed by atoms with Crippen LogP contribution in [0.1, 0.15) is 0 Å². The molecule has 3 nitrogen and oxygen atoms in total. The molecule has 2 aromatic heterocycles. The highest BCUT2D eigenvalue weighted by atomic mass is 15.1. The van der Waals surface area contributed by atoms with Gasteiger partial charge in [-0.2, -0.15) is 0 Å². The molecular formula is C52H35N3. The SMILES string of the molecule is c1ccc(-c2ccc(N(c3ccc(-n4c5ccccc5c5c6ccccc6ccc54)cc3)c3cccc4c3c3ccccc3n4-c3ccccc3)cc2)cc1. The maximum atomic E-state index is 2.42. The van der Waals surface area contributed by atoms with Crippen molar-refractivity contribution in [2.45, 2.75) is 0 Å². The van der Waals surface area contributed by atoms with Gasteiger partial charge in [-0.05, 0) is 101 Å². The summed E-state index contributed by atoms with van der Waals surface area (Å²) in [6, 6.07) is 76.8. The van der Waals surface area contributed by atoms with Crippen molar-refractivity contribution in [3.63, 3.8) is 0 Å². The first-order chi connectivity index (χ1) is 27.3. The van der Waals surface area contributed by atoms with Crippen molar-refractivity contribution in [2.75, 3.05) is 4.90 Å². The number of benzene rings is 9. The third-order valence-electron chi connectivity index (χ3n) is 11.1. The fourth-order valence-electron chi connectivity index (χ4n) is 8.67. The van der Waals surface area contributed by atoms with Crippen LogP contribution < -0.4 is 4.90 Å². The van der Waals surface area contributed by atoms with Gasteiger partial charge in [-0.3, -0.25) is 0 Å². The van der Waals surface area contributed by atoms with Gasteiger partial charge in [0.2, 0.25) is 0 Å². The fraction of sp³-hybridized carbons (Fsp3) is 0. The monoisotopic (exact) mass is 701 g/mol. The van der Waals surface area contributed by atoms with Crippen LogP contribution in [0.5, 0.6) is 0 Å². The Kier molecular flexibility index (Phi) is 7.17. The molecule has 11 rings (SSSR count). The van der Waals surface area contributed by atoms with Crippen LogP contribution >= 0.6 is 0 Å². The Morgan fingerprint density at radius 3 is 1.47 bits per heavy atom. The van der Waals surface area contributed by atoms with Gasteiger partial charge in [-0.15, -0.1) is 0 Å². The Labute approximate surface area is 319 Å². The summed E-state index contributed by atoms with van der Waals surface area (Å²) in [5, 5.41) is 7.52. The summed E-state index contributed by atoms with van der Waals surface area (Å²) in [6.07, 6.45) is 0. The van der Waals surface area contributed by atoms with E-state index in [1.54, 1.807) is 0 Å². The Morgan fingerprint density at radius 1 is 0.291 bits per heavy atom. The topological polar surface area (TPSA) is 13.1 Å². The lowest BCUT2D eigenvalue weighted by atomic mass is 10.0. The molecule has 11 aromatic rings. The van der Waals surface area contributed by atoms with E-state index in [4.69, 9.17) is 0 Å². The number of hydrogen-bond donors (Lipinski definition) is 0. The summed E-state index contributed by atoms with van der Waals surface area (Å²) in [6.45, 7) is 0. The van der Waals surface area contributed by atoms with E-state index in [1.165, 1.54) is 65.5 Å². The molecule has 0 bridgehead atoms. The molecule has 3 heteroatoms. The van der Waals surface area contributed by atoms with Crippen molar-refractivity contribution in [1.82, 2.24) is 9.13 Å². The van der Waals surface area contributed by atoms with Crippen LogP contribution in [0.2, 0.25) is 0 Å². The first-order valence-corrected chi connectivity index (χ1v) is 18.9. The normalized spacial score (nSPS) is 11.6. The number of anilines is 3. The van der Waals surface area contributed by atoms with Crippen LogP contribution in [-0.4, -0.2) is 9.13 Å². The van der Waals surface area contributed by atoms with E-state index in [0.29, 0.717) is 0 Å². The van der Waals surface area contributed by atoms with Gasteiger partial charge in [0.1, 0.15) is 0 Å². The van der Waals surface area contributed by atoms with Gasteiger partial charge in [0.05, 0.1) is 27.8 Å². The van der Waals surface area contributed by atoms with Crippen LogP contribution in [0.3, 0.4) is 0 Å². The summed E-state index contributed by atoms with van der Waals surface area (Å²) in [4.78, 5) is 2.42. The highest BCUT2D eigenvalue weighted by Gasteiger charge is 2.22. The second-order valence-electron chi connectivity index (χ2n) is 14.2. The number of aromatic nitrogens is 2. The zero-order chi connectivity index (χ0) is 36.3. The molecule has 0 saturated heterocycles. The number of fused-ring (bicyclic) bond motifs is 8. The highest BCUT2D eigenvalue weighted by Crippen LogP contribution is 2.45. The summed E-state index contributed by atoms with van der Waals surface area (Å²) < 4.78 is 4.80. The first-order valence-electron chi connectivity index (χ1n) is 18.9. The molecule has 9 aromatic carbocycles. The molecule has 0 amide bonds. The Morgan fingerprint density at radius 2 is 0.782 bits per heavy atom. The molecule has 0 aliphatic rings. The summed E-state index contributed by atoms with van der Waals surface area (Å²) in [5.74, 6) is 0. The predicted octanol–water partition coefficient (Wildman–Crippen LogP) is 14.2. The molecule has 258 valence electrons. The quantitative estimate of drug-likeness (QED) is 0.168. The first kappa shape index (κ1) is 31.2. The van der Waals surface area contributed by atoms with E-state index in [9.17, 15) is 0 Å². The Bertz CT molecular complexity index is 3170. The Balaban J connectivity index is 1.12. The molecule has 0 radical (unpaired) electrons. The minimum atomic E-state index is 1.09. The largest absolute Gasteiger partial charge is 0.310 e. The lowest BCUT2D eigenvalue weighted by Crippen LogP contribution is -2.10. The van der Waals surface area contributed by atoms with Gasteiger partial charge >= 0.3 is 0 Å². The van der Waals surface area contributed by atoms with Gasteiger partial charge in [-0.1, -0.05) is 133 Å². The van der Waals surface area contributed by atoms with Gasteiger partial charge in [0, 0.05) is 44.3 Å². The van der Waals surface area contributed by atoms with Crippen molar-refractivity contribution in [2.24, 2.45) is 0 Å². The van der Waals surface area contributed by atoms with Gasteiger partial charge in [0.25, 0.3) is 0 Å². The molecule has 0 saturated carbocycles. The van der Waals surface area contributed by atoms with E-state index >= 15 is 0 Å². The van der Waals surface area contributed by atoms with E-state index in [0.717, 1.165) is 28.4 Å². The minimum absolute atomic E-state index is 1.09. The van der Waals surface area contributed by atoms with Gasteiger partial charge < -0.3 is 14.0 Å². The highest BCUT2D eigenvalue weighted by molar-refractivity contribution is 6.21. The van der Waals surface area contributed by atoms with E-state index < -0.39 is 0 Å². The standard InChI is InChI=1S/C52H35N3/c1-3-14-36(15-4-1)37-26-29-40(30-27-37)53(48-24-13-25-49-52(48)45-21-10-12-23-47(45)54(49)39-17-5-2-6-18-39)41-31-33-42(34-32-41)55-46-22-11-9-20-44(46)51-43-19-8-7-16-38(43)28-35-50(51)55/h1-35H. The van der Waals surface area contributed by atoms with Gasteiger partial charge in [0.15, 0.2) is 0 Å². The van der Waals surface area contributed by atoms with Crippen LogP contribution in [0, 0.1) is 0 Å². The number of nitrogens with zero attached hydrogens (tertiary/aromatic N) is 3. The van der Waals surface area contributed by atoms with Crippen LogP contribution in [0.15, 0.2) is 212 Å². The zero-order valence-corrected chi connectivity index (χ0v) is 30.0. The third kappa shape index (κ3) is 4.98. The number of rotatable bonds is 6. The average molecular weight is 702 g/mol. The Hall–Kier alpha value is -7.36. The molecule has 0 fully saturated rings. The average Bonchev–Trinajstić information content (AvgIpc) is 3.79. The second-order valence-corrected chi connectivity index (χ2v) is 14.2. The summed E-state index contributed by atoms with van der Waals surface area (Å²) in [5.41, 5.74) is 12.8. The smallest absolute Gasteiger partial charge is 0.0562 e. The number of para-hydroxylation sites is 3. The third-order valence-corrected chi connectivity index (χ3v) is 11.1. The molecule has 2 heterocycles. The van der Waals surface area contributed by atoms with E-state index in [2.05, 4.69) is 226 Å². The number of hydrogen-bond acceptors (Lipinski definition) is 1. The fourth-order valence-corrected chi connectivity index (χ4v) is 8.67. The lowest BCUT2D eigenvalue weighted by Gasteiger charge is -2.27. The van der Waals surface area contributed by atoms with Crippen LogP contribution in [0.4, 0.5) is 17.1 Å². The minimum Gasteiger partial charge on any atom is -0.310 e. The molecule has 0 unspecified atom stereocenters. The van der Waals surface area contributed by atoms with Crippen molar-refractivity contribution in [3.8, 4) is 22.5 Å². The maximum absolute atomic E-state index is 2.42. The molecule has 55 heavy (non-hydrogen) atoms. The molecule has 0 N–H and O–H groups in total. The molecule has 0 aliphatic carbocycles. The van der Waals surface area contributed by atoms with Crippen molar-refractivity contribution < 1.29 is 0 Å². The molecule has 0 aliphatic heterocycles. The van der Waals surface area contributed by atoms with Crippen molar-refractivity contribution >= 4 is 71.4 Å².